The highest BCUT2D eigenvalue weighted by Crippen LogP contribution is 1.91. The summed E-state index contributed by atoms with van der Waals surface area (Å²) < 4.78 is 5.34. The lowest BCUT2D eigenvalue weighted by molar-refractivity contribution is 0.0376. The van der Waals surface area contributed by atoms with Gasteiger partial charge in [0, 0.05) is 13.1 Å². The summed E-state index contributed by atoms with van der Waals surface area (Å²) in [4.78, 5) is 1.93. The summed E-state index contributed by atoms with van der Waals surface area (Å²) in [5, 5.41) is 17.7. The Hall–Kier alpha value is -0.160. The van der Waals surface area contributed by atoms with E-state index in [1.165, 1.54) is 0 Å². The van der Waals surface area contributed by atoms with Crippen LogP contribution < -0.4 is 0 Å². The van der Waals surface area contributed by atoms with Crippen LogP contribution in [0.4, 0.5) is 0 Å². The first-order chi connectivity index (χ1) is 6.06. The van der Waals surface area contributed by atoms with Crippen LogP contribution in [0.3, 0.4) is 0 Å². The van der Waals surface area contributed by atoms with E-state index in [2.05, 4.69) is 0 Å². The van der Waals surface area contributed by atoms with Crippen LogP contribution in [0.5, 0.6) is 0 Å². The van der Waals surface area contributed by atoms with Crippen molar-refractivity contribution in [1.29, 1.82) is 0 Å². The summed E-state index contributed by atoms with van der Waals surface area (Å²) in [7, 11) is 1.89. The predicted molar refractivity (Wildman–Crippen MR) is 51.7 cm³/mol. The molecular formula is C9H21NO3. The van der Waals surface area contributed by atoms with Crippen LogP contribution in [0.1, 0.15) is 13.8 Å². The molecule has 4 nitrogen and oxygen atoms in total. The summed E-state index contributed by atoms with van der Waals surface area (Å²) in [6.45, 7) is 5.71. The van der Waals surface area contributed by atoms with Gasteiger partial charge in [0.25, 0.3) is 0 Å². The van der Waals surface area contributed by atoms with Gasteiger partial charge in [-0.25, -0.2) is 0 Å². The largest absolute Gasteiger partial charge is 0.394 e. The number of hydrogen-bond acceptors (Lipinski definition) is 4. The van der Waals surface area contributed by atoms with Crippen molar-refractivity contribution in [3.63, 3.8) is 0 Å². The first kappa shape index (κ1) is 12.8. The van der Waals surface area contributed by atoms with Gasteiger partial charge in [0.2, 0.25) is 0 Å². The van der Waals surface area contributed by atoms with Gasteiger partial charge in [-0.15, -0.1) is 0 Å². The second-order valence-corrected chi connectivity index (χ2v) is 3.52. The summed E-state index contributed by atoms with van der Waals surface area (Å²) in [6, 6.07) is 0. The Morgan fingerprint density at radius 1 is 1.38 bits per heavy atom. The second kappa shape index (κ2) is 7.26. The van der Waals surface area contributed by atoms with Gasteiger partial charge < -0.3 is 19.8 Å². The molecule has 0 saturated heterocycles. The Kier molecular flexibility index (Phi) is 7.17. The van der Waals surface area contributed by atoms with Crippen LogP contribution in [0.15, 0.2) is 0 Å². The van der Waals surface area contributed by atoms with E-state index in [4.69, 9.17) is 14.9 Å². The highest BCUT2D eigenvalue weighted by molar-refractivity contribution is 4.59. The van der Waals surface area contributed by atoms with Crippen LogP contribution in [0.25, 0.3) is 0 Å². The topological polar surface area (TPSA) is 52.9 Å². The highest BCUT2D eigenvalue weighted by atomic mass is 16.5. The Labute approximate surface area is 80.1 Å². The molecule has 0 heterocycles. The summed E-state index contributed by atoms with van der Waals surface area (Å²) >= 11 is 0. The number of aliphatic hydroxyl groups excluding tert-OH is 2. The lowest BCUT2D eigenvalue weighted by Crippen LogP contribution is -2.33. The lowest BCUT2D eigenvalue weighted by Gasteiger charge is -2.19. The zero-order chi connectivity index (χ0) is 10.3. The first-order valence-electron chi connectivity index (χ1n) is 4.65. The highest BCUT2D eigenvalue weighted by Gasteiger charge is 2.06. The Morgan fingerprint density at radius 3 is 2.46 bits per heavy atom. The van der Waals surface area contributed by atoms with Crippen LogP contribution in [0, 0.1) is 0 Å². The molecule has 0 spiro atoms. The molecule has 0 radical (unpaired) electrons. The molecule has 0 rings (SSSR count). The molecule has 0 aliphatic heterocycles. The van der Waals surface area contributed by atoms with Gasteiger partial charge in [0.1, 0.15) is 0 Å². The van der Waals surface area contributed by atoms with E-state index in [0.717, 1.165) is 6.54 Å². The lowest BCUT2D eigenvalue weighted by atomic mass is 10.3. The number of nitrogens with zero attached hydrogens (tertiary/aromatic N) is 1. The predicted octanol–water partition coefficient (Wildman–Crippen LogP) is -0.304. The quantitative estimate of drug-likeness (QED) is 0.580. The maximum Gasteiger partial charge on any atom is 0.0897 e. The van der Waals surface area contributed by atoms with E-state index in [9.17, 15) is 0 Å². The van der Waals surface area contributed by atoms with E-state index in [1.807, 2.05) is 25.8 Å². The molecule has 0 aromatic carbocycles. The molecule has 0 fully saturated rings. The molecule has 0 aliphatic rings. The third-order valence-electron chi connectivity index (χ3n) is 1.66. The first-order valence-corrected chi connectivity index (χ1v) is 4.65. The van der Waals surface area contributed by atoms with Gasteiger partial charge in [0.05, 0.1) is 25.4 Å². The standard InChI is InChI=1S/C9H21NO3/c1-8(2)13-5-4-10(3)6-9(12)7-11/h8-9,11-12H,4-7H2,1-3H3. The van der Waals surface area contributed by atoms with E-state index in [1.54, 1.807) is 0 Å². The fourth-order valence-corrected chi connectivity index (χ4v) is 0.953. The van der Waals surface area contributed by atoms with Crippen molar-refractivity contribution in [3.05, 3.63) is 0 Å². The number of likely N-dealkylation sites (N-methyl/N-ethyl adjacent to an activating group) is 1. The van der Waals surface area contributed by atoms with Crippen LogP contribution >= 0.6 is 0 Å². The third-order valence-corrected chi connectivity index (χ3v) is 1.66. The molecule has 0 saturated carbocycles. The van der Waals surface area contributed by atoms with Crippen molar-refractivity contribution in [2.24, 2.45) is 0 Å². The molecule has 4 heteroatoms. The van der Waals surface area contributed by atoms with Crippen LogP contribution in [0.2, 0.25) is 0 Å². The van der Waals surface area contributed by atoms with Crippen molar-refractivity contribution in [2.45, 2.75) is 26.1 Å². The maximum absolute atomic E-state index is 9.10. The number of ether oxygens (including phenoxy) is 1. The molecule has 2 N–H and O–H groups in total. The van der Waals surface area contributed by atoms with Crippen LogP contribution in [-0.4, -0.2) is 60.7 Å². The van der Waals surface area contributed by atoms with Crippen molar-refractivity contribution in [1.82, 2.24) is 4.90 Å². The fraction of sp³-hybridized carbons (Fsp3) is 1.00. The molecule has 13 heavy (non-hydrogen) atoms. The third kappa shape index (κ3) is 8.18. The molecule has 1 atom stereocenters. The molecule has 1 unspecified atom stereocenters. The van der Waals surface area contributed by atoms with Gasteiger partial charge in [-0.2, -0.15) is 0 Å². The Bertz CT molecular complexity index is 119. The van der Waals surface area contributed by atoms with Gasteiger partial charge in [-0.05, 0) is 20.9 Å². The van der Waals surface area contributed by atoms with E-state index in [-0.39, 0.29) is 12.7 Å². The normalized spacial score (nSPS) is 14.1. The summed E-state index contributed by atoms with van der Waals surface area (Å²) in [5.74, 6) is 0. The molecular weight excluding hydrogens is 170 g/mol. The molecule has 0 amide bonds. The zero-order valence-corrected chi connectivity index (χ0v) is 8.73. The molecule has 0 aromatic rings. The van der Waals surface area contributed by atoms with Crippen molar-refractivity contribution in [3.8, 4) is 0 Å². The van der Waals surface area contributed by atoms with Gasteiger partial charge in [-0.1, -0.05) is 0 Å². The monoisotopic (exact) mass is 191 g/mol. The minimum Gasteiger partial charge on any atom is -0.394 e. The maximum atomic E-state index is 9.10. The molecule has 0 bridgehead atoms. The number of hydrogen-bond donors (Lipinski definition) is 2. The molecule has 0 aromatic heterocycles. The SMILES string of the molecule is CC(C)OCCN(C)CC(O)CO. The fourth-order valence-electron chi connectivity index (χ4n) is 0.953. The number of aliphatic hydroxyl groups is 2. The molecule has 80 valence electrons. The van der Waals surface area contributed by atoms with E-state index >= 15 is 0 Å². The average Bonchev–Trinajstić information content (AvgIpc) is 2.03. The van der Waals surface area contributed by atoms with Crippen molar-refractivity contribution in [2.75, 3.05) is 33.4 Å². The van der Waals surface area contributed by atoms with E-state index in [0.29, 0.717) is 13.2 Å². The Morgan fingerprint density at radius 2 is 2.00 bits per heavy atom. The smallest absolute Gasteiger partial charge is 0.0897 e. The van der Waals surface area contributed by atoms with Crippen molar-refractivity contribution >= 4 is 0 Å². The number of rotatable bonds is 7. The van der Waals surface area contributed by atoms with Crippen molar-refractivity contribution < 1.29 is 14.9 Å². The second-order valence-electron chi connectivity index (χ2n) is 3.52. The van der Waals surface area contributed by atoms with Gasteiger partial charge >= 0.3 is 0 Å². The average molecular weight is 191 g/mol. The minimum absolute atomic E-state index is 0.185. The zero-order valence-electron chi connectivity index (χ0n) is 8.73. The van der Waals surface area contributed by atoms with Gasteiger partial charge in [0.15, 0.2) is 0 Å². The Balaban J connectivity index is 3.34. The van der Waals surface area contributed by atoms with Gasteiger partial charge in [-0.3, -0.25) is 0 Å². The summed E-state index contributed by atoms with van der Waals surface area (Å²) in [5.41, 5.74) is 0. The summed E-state index contributed by atoms with van der Waals surface area (Å²) in [6.07, 6.45) is -0.403. The van der Waals surface area contributed by atoms with E-state index < -0.39 is 6.10 Å². The molecule has 0 aliphatic carbocycles. The minimum atomic E-state index is -0.649. The van der Waals surface area contributed by atoms with Crippen LogP contribution in [-0.2, 0) is 4.74 Å².